The van der Waals surface area contributed by atoms with Gasteiger partial charge >= 0.3 is 0 Å². The Morgan fingerprint density at radius 2 is 2.30 bits per heavy atom. The Balaban J connectivity index is 2.11. The van der Waals surface area contributed by atoms with Crippen molar-refractivity contribution in [2.45, 2.75) is 6.42 Å². The molecule has 9 heteroatoms. The lowest BCUT2D eigenvalue weighted by molar-refractivity contribution is -0.384. The van der Waals surface area contributed by atoms with Crippen molar-refractivity contribution in [1.82, 2.24) is 14.8 Å². The van der Waals surface area contributed by atoms with E-state index < -0.39 is 10.7 Å². The van der Waals surface area contributed by atoms with Crippen molar-refractivity contribution in [3.63, 3.8) is 0 Å². The van der Waals surface area contributed by atoms with Crippen molar-refractivity contribution >= 4 is 23.0 Å². The van der Waals surface area contributed by atoms with Gasteiger partial charge in [-0.3, -0.25) is 10.1 Å². The number of hydrogen-bond donors (Lipinski definition) is 1. The fourth-order valence-electron chi connectivity index (χ4n) is 1.67. The molecule has 0 aliphatic heterocycles. The first-order valence-electron chi connectivity index (χ1n) is 5.69. The number of aryl methyl sites for hydroxylation is 1. The van der Waals surface area contributed by atoms with Crippen LogP contribution < -0.4 is 5.32 Å². The van der Waals surface area contributed by atoms with Crippen LogP contribution in [0.1, 0.15) is 5.82 Å². The molecule has 1 N–H and O–H groups in total. The molecule has 1 aromatic heterocycles. The van der Waals surface area contributed by atoms with Crippen LogP contribution in [0, 0.1) is 15.9 Å². The van der Waals surface area contributed by atoms with Crippen molar-refractivity contribution in [2.75, 3.05) is 11.9 Å². The zero-order valence-electron chi connectivity index (χ0n) is 10.5. The van der Waals surface area contributed by atoms with Gasteiger partial charge in [0, 0.05) is 32.1 Å². The van der Waals surface area contributed by atoms with E-state index in [0.717, 1.165) is 18.0 Å². The highest BCUT2D eigenvalue weighted by Crippen LogP contribution is 2.30. The average molecular weight is 300 g/mol. The number of nitro groups is 1. The maximum atomic E-state index is 13.4. The van der Waals surface area contributed by atoms with Gasteiger partial charge in [-0.15, -0.1) is 10.2 Å². The minimum atomic E-state index is -0.710. The number of nitrogens with zero attached hydrogens (tertiary/aromatic N) is 4. The van der Waals surface area contributed by atoms with Gasteiger partial charge in [0.15, 0.2) is 0 Å². The molecule has 106 valence electrons. The highest BCUT2D eigenvalue weighted by Gasteiger charge is 2.17. The molecule has 2 rings (SSSR count). The topological polar surface area (TPSA) is 85.9 Å². The van der Waals surface area contributed by atoms with Gasteiger partial charge in [0.2, 0.25) is 0 Å². The van der Waals surface area contributed by atoms with Crippen LogP contribution in [-0.2, 0) is 13.5 Å². The van der Waals surface area contributed by atoms with E-state index in [0.29, 0.717) is 13.0 Å². The van der Waals surface area contributed by atoms with E-state index in [1.54, 1.807) is 17.9 Å². The average Bonchev–Trinajstić information content (AvgIpc) is 2.79. The molecule has 7 nitrogen and oxygen atoms in total. The fourth-order valence-corrected chi connectivity index (χ4v) is 1.83. The zero-order valence-corrected chi connectivity index (χ0v) is 11.3. The highest BCUT2D eigenvalue weighted by atomic mass is 35.5. The molecular weight excluding hydrogens is 289 g/mol. The highest BCUT2D eigenvalue weighted by molar-refractivity contribution is 6.31. The molecule has 0 spiro atoms. The van der Waals surface area contributed by atoms with E-state index in [-0.39, 0.29) is 16.4 Å². The smallest absolute Gasteiger partial charge is 0.294 e. The number of nitrogens with one attached hydrogen (secondary N) is 1. The summed E-state index contributed by atoms with van der Waals surface area (Å²) in [6.45, 7) is 0.356. The van der Waals surface area contributed by atoms with Crippen LogP contribution in [0.3, 0.4) is 0 Å². The zero-order chi connectivity index (χ0) is 14.7. The molecule has 0 saturated heterocycles. The van der Waals surface area contributed by atoms with Crippen LogP contribution in [0.15, 0.2) is 18.5 Å². The molecule has 20 heavy (non-hydrogen) atoms. The van der Waals surface area contributed by atoms with Crippen LogP contribution in [0.25, 0.3) is 0 Å². The van der Waals surface area contributed by atoms with Gasteiger partial charge in [-0.2, -0.15) is 0 Å². The summed E-state index contributed by atoms with van der Waals surface area (Å²) in [6.07, 6.45) is 2.05. The second-order valence-electron chi connectivity index (χ2n) is 4.08. The molecule has 1 heterocycles. The van der Waals surface area contributed by atoms with Crippen molar-refractivity contribution in [3.8, 4) is 0 Å². The summed E-state index contributed by atoms with van der Waals surface area (Å²) in [5, 5.41) is 21.0. The van der Waals surface area contributed by atoms with Gasteiger partial charge < -0.3 is 9.88 Å². The van der Waals surface area contributed by atoms with E-state index in [2.05, 4.69) is 15.5 Å². The Hall–Kier alpha value is -2.22. The van der Waals surface area contributed by atoms with Crippen LogP contribution >= 0.6 is 11.6 Å². The summed E-state index contributed by atoms with van der Waals surface area (Å²) >= 11 is 5.54. The number of hydrogen-bond acceptors (Lipinski definition) is 5. The van der Waals surface area contributed by atoms with E-state index in [4.69, 9.17) is 11.6 Å². The van der Waals surface area contributed by atoms with E-state index in [1.165, 1.54) is 0 Å². The Kier molecular flexibility index (Phi) is 4.14. The van der Waals surface area contributed by atoms with Gasteiger partial charge in [0.25, 0.3) is 5.69 Å². The normalized spacial score (nSPS) is 10.6. The number of halogens is 2. The first kappa shape index (κ1) is 14.2. The third kappa shape index (κ3) is 3.02. The molecule has 0 amide bonds. The molecule has 0 radical (unpaired) electrons. The van der Waals surface area contributed by atoms with Crippen LogP contribution in [0.2, 0.25) is 5.02 Å². The van der Waals surface area contributed by atoms with Gasteiger partial charge in [-0.05, 0) is 0 Å². The molecule has 2 aromatic rings. The number of anilines is 1. The summed E-state index contributed by atoms with van der Waals surface area (Å²) in [7, 11) is 1.79. The lowest BCUT2D eigenvalue weighted by atomic mass is 10.2. The Morgan fingerprint density at radius 1 is 1.55 bits per heavy atom. The monoisotopic (exact) mass is 299 g/mol. The molecule has 0 aliphatic carbocycles. The van der Waals surface area contributed by atoms with Crippen LogP contribution in [0.4, 0.5) is 15.8 Å². The maximum Gasteiger partial charge on any atom is 0.294 e. The number of nitro benzene ring substituents is 1. The van der Waals surface area contributed by atoms with Gasteiger partial charge in [-0.1, -0.05) is 11.6 Å². The second-order valence-corrected chi connectivity index (χ2v) is 4.48. The third-order valence-corrected chi connectivity index (χ3v) is 2.99. The van der Waals surface area contributed by atoms with Gasteiger partial charge in [0.1, 0.15) is 23.7 Å². The molecule has 0 atom stereocenters. The van der Waals surface area contributed by atoms with Crippen molar-refractivity contribution in [3.05, 3.63) is 45.2 Å². The predicted molar refractivity (Wildman–Crippen MR) is 71.3 cm³/mol. The van der Waals surface area contributed by atoms with E-state index >= 15 is 0 Å². The predicted octanol–water partition coefficient (Wildman–Crippen LogP) is 2.17. The van der Waals surface area contributed by atoms with Crippen molar-refractivity contribution in [1.29, 1.82) is 0 Å². The van der Waals surface area contributed by atoms with Crippen LogP contribution in [-0.4, -0.2) is 26.2 Å². The second kappa shape index (κ2) is 5.83. The Bertz CT molecular complexity index is 646. The Labute approximate surface area is 118 Å². The third-order valence-electron chi connectivity index (χ3n) is 2.70. The number of rotatable bonds is 5. The van der Waals surface area contributed by atoms with Crippen LogP contribution in [0.5, 0.6) is 0 Å². The minimum Gasteiger partial charge on any atom is -0.379 e. The molecular formula is C11H11ClFN5O2. The first-order valence-corrected chi connectivity index (χ1v) is 6.07. The van der Waals surface area contributed by atoms with Crippen molar-refractivity contribution in [2.24, 2.45) is 7.05 Å². The SMILES string of the molecule is Cn1cnnc1CCNc1cc(F)c(Cl)cc1[N+](=O)[O-]. The van der Waals surface area contributed by atoms with Gasteiger partial charge in [-0.25, -0.2) is 4.39 Å². The van der Waals surface area contributed by atoms with Crippen molar-refractivity contribution < 1.29 is 9.31 Å². The standard InChI is InChI=1S/C11H11ClFN5O2/c1-17-6-15-16-11(17)2-3-14-9-5-8(13)7(12)4-10(9)18(19)20/h4-6,14H,2-3H2,1H3. The lowest BCUT2D eigenvalue weighted by Gasteiger charge is -2.07. The molecule has 0 fully saturated rings. The van der Waals surface area contributed by atoms with Gasteiger partial charge in [0.05, 0.1) is 9.95 Å². The molecule has 0 bridgehead atoms. The summed E-state index contributed by atoms with van der Waals surface area (Å²) in [5.74, 6) is 0.00742. The molecule has 0 unspecified atom stereocenters. The number of aromatic nitrogens is 3. The first-order chi connectivity index (χ1) is 9.49. The summed E-state index contributed by atoms with van der Waals surface area (Å²) in [5.41, 5.74) is -0.187. The van der Waals surface area contributed by atoms with E-state index in [9.17, 15) is 14.5 Å². The maximum absolute atomic E-state index is 13.4. The summed E-state index contributed by atoms with van der Waals surface area (Å²) in [6, 6.07) is 2.00. The number of benzene rings is 1. The minimum absolute atomic E-state index is 0.0825. The molecule has 1 aromatic carbocycles. The molecule has 0 saturated carbocycles. The summed E-state index contributed by atoms with van der Waals surface area (Å²) in [4.78, 5) is 10.3. The molecule has 0 aliphatic rings. The summed E-state index contributed by atoms with van der Waals surface area (Å²) < 4.78 is 15.1. The fraction of sp³-hybridized carbons (Fsp3) is 0.273. The largest absolute Gasteiger partial charge is 0.379 e. The lowest BCUT2D eigenvalue weighted by Crippen LogP contribution is -2.10. The Morgan fingerprint density at radius 3 is 2.90 bits per heavy atom. The van der Waals surface area contributed by atoms with E-state index in [1.807, 2.05) is 0 Å². The quantitative estimate of drug-likeness (QED) is 0.675.